The molecule has 0 aromatic rings. The summed E-state index contributed by atoms with van der Waals surface area (Å²) in [6.45, 7) is -0.338. The van der Waals surface area contributed by atoms with Crippen LogP contribution in [0.2, 0.25) is 0 Å². The topological polar surface area (TPSA) is 116 Å². The van der Waals surface area contributed by atoms with Gasteiger partial charge in [0.25, 0.3) is 0 Å². The van der Waals surface area contributed by atoms with Crippen molar-refractivity contribution in [2.24, 2.45) is 0 Å². The number of nitrogens with one attached hydrogen (secondary N) is 2. The van der Waals surface area contributed by atoms with Crippen LogP contribution in [0.15, 0.2) is 0 Å². The van der Waals surface area contributed by atoms with E-state index in [9.17, 15) is 27.6 Å². The molecular formula is C8H11F3N2O5S. The average molecular weight is 304 g/mol. The second-order valence-electron chi connectivity index (χ2n) is 3.18. The maximum absolute atomic E-state index is 11.7. The molecule has 0 unspecified atom stereocenters. The number of alkyl halides is 3. The highest BCUT2D eigenvalue weighted by Gasteiger charge is 2.27. The van der Waals surface area contributed by atoms with Crippen LogP contribution in [-0.4, -0.2) is 52.0 Å². The minimum Gasteiger partial charge on any atom is -0.481 e. The largest absolute Gasteiger partial charge is 0.481 e. The predicted molar refractivity (Wildman–Crippen MR) is 58.7 cm³/mol. The Kier molecular flexibility index (Phi) is 7.04. The van der Waals surface area contributed by atoms with E-state index in [4.69, 9.17) is 10.2 Å². The van der Waals surface area contributed by atoms with Gasteiger partial charge >= 0.3 is 23.5 Å². The number of carboxylic acid groups (broad SMARTS) is 2. The van der Waals surface area contributed by atoms with Crippen LogP contribution in [0, 0.1) is 0 Å². The summed E-state index contributed by atoms with van der Waals surface area (Å²) in [7, 11) is 0. The van der Waals surface area contributed by atoms with Crippen LogP contribution in [0.3, 0.4) is 0 Å². The molecule has 2 amide bonds. The van der Waals surface area contributed by atoms with Crippen molar-refractivity contribution in [3.63, 3.8) is 0 Å². The molecule has 110 valence electrons. The normalized spacial score (nSPS) is 12.6. The van der Waals surface area contributed by atoms with E-state index in [-0.39, 0.29) is 18.3 Å². The molecule has 0 heterocycles. The van der Waals surface area contributed by atoms with Crippen molar-refractivity contribution in [3.8, 4) is 0 Å². The van der Waals surface area contributed by atoms with Crippen molar-refractivity contribution in [1.29, 1.82) is 0 Å². The molecule has 0 aromatic heterocycles. The molecule has 0 radical (unpaired) electrons. The third-order valence-corrected chi connectivity index (χ3v) is 2.37. The Hall–Kier alpha value is -1.65. The van der Waals surface area contributed by atoms with Crippen LogP contribution in [0.5, 0.6) is 0 Å². The Morgan fingerprint density at radius 2 is 1.79 bits per heavy atom. The fraction of sp³-hybridized carbons (Fsp3) is 0.625. The van der Waals surface area contributed by atoms with Gasteiger partial charge in [0, 0.05) is 12.3 Å². The van der Waals surface area contributed by atoms with Crippen molar-refractivity contribution >= 4 is 29.7 Å². The first kappa shape index (κ1) is 17.4. The third kappa shape index (κ3) is 10.00. The zero-order valence-electron chi connectivity index (χ0n) is 9.36. The van der Waals surface area contributed by atoms with Crippen molar-refractivity contribution in [2.45, 2.75) is 18.0 Å². The zero-order valence-corrected chi connectivity index (χ0v) is 10.2. The molecule has 0 spiro atoms. The number of hydrogen-bond acceptors (Lipinski definition) is 4. The molecule has 11 heteroatoms. The first-order valence-electron chi connectivity index (χ1n) is 4.81. The van der Waals surface area contributed by atoms with E-state index < -0.39 is 41.7 Å². The average Bonchev–Trinajstić information content (AvgIpc) is 2.21. The summed E-state index contributed by atoms with van der Waals surface area (Å²) < 4.78 is 35.2. The van der Waals surface area contributed by atoms with Gasteiger partial charge in [-0.3, -0.25) is 4.79 Å². The lowest BCUT2D eigenvalue weighted by Crippen LogP contribution is -2.47. The van der Waals surface area contributed by atoms with Crippen molar-refractivity contribution in [2.75, 3.05) is 12.3 Å². The number of halogens is 3. The molecule has 0 saturated heterocycles. The molecule has 0 aliphatic carbocycles. The fourth-order valence-corrected chi connectivity index (χ4v) is 1.35. The van der Waals surface area contributed by atoms with Crippen LogP contribution in [-0.2, 0) is 9.59 Å². The van der Waals surface area contributed by atoms with E-state index >= 15 is 0 Å². The molecule has 0 aliphatic heterocycles. The van der Waals surface area contributed by atoms with Crippen LogP contribution in [0.4, 0.5) is 18.0 Å². The lowest BCUT2D eigenvalue weighted by atomic mass is 10.2. The maximum Gasteiger partial charge on any atom is 0.441 e. The van der Waals surface area contributed by atoms with Crippen LogP contribution in [0.25, 0.3) is 0 Å². The fourth-order valence-electron chi connectivity index (χ4n) is 0.915. The molecule has 0 aliphatic rings. The molecule has 7 nitrogen and oxygen atoms in total. The number of urea groups is 1. The monoisotopic (exact) mass is 304 g/mol. The molecule has 0 saturated carbocycles. The van der Waals surface area contributed by atoms with Gasteiger partial charge in [-0.15, -0.1) is 0 Å². The summed E-state index contributed by atoms with van der Waals surface area (Å²) in [5.74, 6) is -3.42. The van der Waals surface area contributed by atoms with Gasteiger partial charge in [-0.05, 0) is 11.8 Å². The second-order valence-corrected chi connectivity index (χ2v) is 4.34. The lowest BCUT2D eigenvalue weighted by Gasteiger charge is -2.13. The van der Waals surface area contributed by atoms with Gasteiger partial charge in [0.15, 0.2) is 0 Å². The molecule has 0 aromatic carbocycles. The highest BCUT2D eigenvalue weighted by Crippen LogP contribution is 2.29. The highest BCUT2D eigenvalue weighted by atomic mass is 32.2. The summed E-state index contributed by atoms with van der Waals surface area (Å²) in [6, 6.07) is -2.69. The minimum absolute atomic E-state index is 0.338. The quantitative estimate of drug-likeness (QED) is 0.508. The molecular weight excluding hydrogens is 293 g/mol. The number of hydrogen-bond donors (Lipinski definition) is 4. The first-order chi connectivity index (χ1) is 8.61. The van der Waals surface area contributed by atoms with Crippen LogP contribution < -0.4 is 10.6 Å². The number of carbonyl (C=O) groups is 3. The van der Waals surface area contributed by atoms with E-state index in [1.54, 1.807) is 0 Å². The number of carbonyl (C=O) groups excluding carboxylic acids is 1. The Morgan fingerprint density at radius 1 is 1.21 bits per heavy atom. The van der Waals surface area contributed by atoms with Gasteiger partial charge in [-0.1, -0.05) is 0 Å². The van der Waals surface area contributed by atoms with Gasteiger partial charge in [0.1, 0.15) is 6.04 Å². The van der Waals surface area contributed by atoms with Gasteiger partial charge < -0.3 is 20.8 Å². The third-order valence-electron chi connectivity index (χ3n) is 1.64. The highest BCUT2D eigenvalue weighted by molar-refractivity contribution is 8.00. The summed E-state index contributed by atoms with van der Waals surface area (Å²) >= 11 is -0.342. The van der Waals surface area contributed by atoms with Crippen molar-refractivity contribution < 1.29 is 37.8 Å². The minimum atomic E-state index is -4.41. The summed E-state index contributed by atoms with van der Waals surface area (Å²) in [4.78, 5) is 32.0. The standard InChI is InChI=1S/C8H11F3N2O5S/c9-8(10,11)19-2-1-12-7(18)13-4(6(16)17)3-5(14)15/h4H,1-3H2,(H,14,15)(H,16,17)(H2,12,13,18)/t4-/m1/s1. The first-order valence-corrected chi connectivity index (χ1v) is 5.80. The molecule has 4 N–H and O–H groups in total. The van der Waals surface area contributed by atoms with Gasteiger partial charge in [-0.2, -0.15) is 13.2 Å². The van der Waals surface area contributed by atoms with Crippen LogP contribution >= 0.6 is 11.8 Å². The Labute approximate surface area is 109 Å². The smallest absolute Gasteiger partial charge is 0.441 e. The van der Waals surface area contributed by atoms with E-state index in [0.29, 0.717) is 0 Å². The predicted octanol–water partition coefficient (Wildman–Crippen LogP) is 0.467. The number of aliphatic carboxylic acids is 2. The summed E-state index contributed by atoms with van der Waals surface area (Å²) in [6.07, 6.45) is -0.833. The molecule has 0 fully saturated rings. The van der Waals surface area contributed by atoms with E-state index in [2.05, 4.69) is 0 Å². The SMILES string of the molecule is O=C(O)C[C@@H](NC(=O)NCCSC(F)(F)F)C(=O)O. The molecule has 0 bridgehead atoms. The Bertz CT molecular complexity index is 350. The molecule has 1 atom stereocenters. The van der Waals surface area contributed by atoms with Gasteiger partial charge in [0.05, 0.1) is 6.42 Å². The van der Waals surface area contributed by atoms with Crippen molar-refractivity contribution in [3.05, 3.63) is 0 Å². The number of amides is 2. The zero-order chi connectivity index (χ0) is 15.1. The van der Waals surface area contributed by atoms with Gasteiger partial charge in [0.2, 0.25) is 0 Å². The number of rotatable bonds is 7. The maximum atomic E-state index is 11.7. The van der Waals surface area contributed by atoms with Crippen molar-refractivity contribution in [1.82, 2.24) is 10.6 Å². The molecule has 19 heavy (non-hydrogen) atoms. The van der Waals surface area contributed by atoms with Gasteiger partial charge in [-0.25, -0.2) is 9.59 Å². The molecule has 0 rings (SSSR count). The summed E-state index contributed by atoms with van der Waals surface area (Å²) in [5.41, 5.74) is -4.41. The Balaban J connectivity index is 4.00. The lowest BCUT2D eigenvalue weighted by molar-refractivity contribution is -0.145. The Morgan fingerprint density at radius 3 is 2.21 bits per heavy atom. The summed E-state index contributed by atoms with van der Waals surface area (Å²) in [5, 5.41) is 20.8. The van der Waals surface area contributed by atoms with E-state index in [1.165, 1.54) is 0 Å². The van der Waals surface area contributed by atoms with E-state index in [0.717, 1.165) is 0 Å². The van der Waals surface area contributed by atoms with E-state index in [1.807, 2.05) is 10.6 Å². The number of thioether (sulfide) groups is 1. The second kappa shape index (κ2) is 7.71. The van der Waals surface area contributed by atoms with Crippen LogP contribution in [0.1, 0.15) is 6.42 Å². The number of carboxylic acids is 2.